The third kappa shape index (κ3) is 4.68. The van der Waals surface area contributed by atoms with Crippen LogP contribution < -0.4 is 10.6 Å². The summed E-state index contributed by atoms with van der Waals surface area (Å²) in [6, 6.07) is -0.930. The molecule has 2 fully saturated rings. The van der Waals surface area contributed by atoms with Crippen LogP contribution in [0.25, 0.3) is 0 Å². The van der Waals surface area contributed by atoms with Gasteiger partial charge in [0.25, 0.3) is 5.92 Å². The Morgan fingerprint density at radius 3 is 2.58 bits per heavy atom. The van der Waals surface area contributed by atoms with E-state index >= 15 is 0 Å². The van der Waals surface area contributed by atoms with Crippen LogP contribution >= 0.6 is 0 Å². The minimum Gasteiger partial charge on any atom is -0.354 e. The Morgan fingerprint density at radius 1 is 1.37 bits per heavy atom. The van der Waals surface area contributed by atoms with Crippen molar-refractivity contribution in [2.45, 2.75) is 31.2 Å². The zero-order valence-electron chi connectivity index (χ0n) is 10.5. The fourth-order valence-corrected chi connectivity index (χ4v) is 3.71. The van der Waals surface area contributed by atoms with Gasteiger partial charge in [0.1, 0.15) is 0 Å². The topological polar surface area (TPSA) is 75.3 Å². The standard InChI is InChI=1S/C11H18F2N2O3S/c12-11(13)5-9(15-7-11)10(16)14-3-4-19(17,18)6-8-1-2-8/h8-9,15H,1-7H2,(H,14,16). The van der Waals surface area contributed by atoms with Crippen molar-refractivity contribution in [1.29, 1.82) is 0 Å². The fraction of sp³-hybridized carbons (Fsp3) is 0.909. The molecule has 8 heteroatoms. The van der Waals surface area contributed by atoms with Gasteiger partial charge in [-0.1, -0.05) is 0 Å². The smallest absolute Gasteiger partial charge is 0.262 e. The second-order valence-corrected chi connectivity index (χ2v) is 7.57. The molecule has 1 saturated heterocycles. The number of hydrogen-bond acceptors (Lipinski definition) is 4. The number of rotatable bonds is 6. The van der Waals surface area contributed by atoms with Crippen LogP contribution in [-0.4, -0.2) is 50.9 Å². The molecule has 19 heavy (non-hydrogen) atoms. The summed E-state index contributed by atoms with van der Waals surface area (Å²) in [4.78, 5) is 11.6. The van der Waals surface area contributed by atoms with Crippen molar-refractivity contribution >= 4 is 15.7 Å². The van der Waals surface area contributed by atoms with Crippen LogP contribution in [0, 0.1) is 5.92 Å². The minimum atomic E-state index is -3.14. The predicted molar refractivity (Wildman–Crippen MR) is 65.7 cm³/mol. The van der Waals surface area contributed by atoms with E-state index < -0.39 is 40.7 Å². The number of hydrogen-bond donors (Lipinski definition) is 2. The van der Waals surface area contributed by atoms with E-state index in [0.29, 0.717) is 0 Å². The van der Waals surface area contributed by atoms with Gasteiger partial charge in [-0.3, -0.25) is 10.1 Å². The monoisotopic (exact) mass is 296 g/mol. The van der Waals surface area contributed by atoms with E-state index in [0.717, 1.165) is 12.8 Å². The quantitative estimate of drug-likeness (QED) is 0.719. The third-order valence-electron chi connectivity index (χ3n) is 3.33. The number of carbonyl (C=O) groups excluding carboxylic acids is 1. The van der Waals surface area contributed by atoms with Crippen molar-refractivity contribution in [2.75, 3.05) is 24.6 Å². The van der Waals surface area contributed by atoms with E-state index in [1.54, 1.807) is 0 Å². The van der Waals surface area contributed by atoms with Crippen molar-refractivity contribution in [3.05, 3.63) is 0 Å². The summed E-state index contributed by atoms with van der Waals surface area (Å²) >= 11 is 0. The SMILES string of the molecule is O=C(NCCS(=O)(=O)CC1CC1)C1CC(F)(F)CN1. The average molecular weight is 296 g/mol. The lowest BCUT2D eigenvalue weighted by Crippen LogP contribution is -2.42. The Balaban J connectivity index is 1.69. The average Bonchev–Trinajstić information content (AvgIpc) is 2.99. The maximum atomic E-state index is 12.9. The van der Waals surface area contributed by atoms with E-state index in [1.165, 1.54) is 0 Å². The van der Waals surface area contributed by atoms with Crippen LogP contribution in [0.3, 0.4) is 0 Å². The Morgan fingerprint density at radius 2 is 2.05 bits per heavy atom. The number of amides is 1. The van der Waals surface area contributed by atoms with E-state index in [1.807, 2.05) is 0 Å². The van der Waals surface area contributed by atoms with Gasteiger partial charge in [-0.05, 0) is 18.8 Å². The first-order chi connectivity index (χ1) is 8.77. The van der Waals surface area contributed by atoms with Crippen LogP contribution in [0.5, 0.6) is 0 Å². The molecular formula is C11H18F2N2O3S. The molecule has 2 aliphatic rings. The highest BCUT2D eigenvalue weighted by atomic mass is 32.2. The van der Waals surface area contributed by atoms with Crippen molar-refractivity contribution in [1.82, 2.24) is 10.6 Å². The Labute approximate surface area is 111 Å². The first-order valence-electron chi connectivity index (χ1n) is 6.37. The molecule has 2 N–H and O–H groups in total. The molecule has 110 valence electrons. The van der Waals surface area contributed by atoms with Gasteiger partial charge < -0.3 is 5.32 Å². The molecule has 0 spiro atoms. The summed E-state index contributed by atoms with van der Waals surface area (Å²) in [7, 11) is -3.14. The molecule has 0 aromatic carbocycles. The zero-order valence-corrected chi connectivity index (χ0v) is 11.3. The Bertz CT molecular complexity index is 449. The van der Waals surface area contributed by atoms with E-state index in [2.05, 4.69) is 10.6 Å². The van der Waals surface area contributed by atoms with E-state index in [9.17, 15) is 22.0 Å². The van der Waals surface area contributed by atoms with Gasteiger partial charge in [0.05, 0.1) is 24.1 Å². The number of alkyl halides is 2. The van der Waals surface area contributed by atoms with Crippen molar-refractivity contribution in [3.63, 3.8) is 0 Å². The maximum absolute atomic E-state index is 12.9. The van der Waals surface area contributed by atoms with Gasteiger partial charge in [-0.2, -0.15) is 0 Å². The summed E-state index contributed by atoms with van der Waals surface area (Å²) in [6.45, 7) is -0.525. The molecule has 2 rings (SSSR count). The molecule has 1 aliphatic heterocycles. The van der Waals surface area contributed by atoms with E-state index in [-0.39, 0.29) is 24.0 Å². The molecule has 0 bridgehead atoms. The largest absolute Gasteiger partial charge is 0.354 e. The Hall–Kier alpha value is -0.760. The van der Waals surface area contributed by atoms with Gasteiger partial charge in [-0.15, -0.1) is 0 Å². The summed E-state index contributed by atoms with van der Waals surface area (Å²) < 4.78 is 49.0. The molecule has 0 aromatic heterocycles. The molecule has 1 aliphatic carbocycles. The normalized spacial score (nSPS) is 26.3. The molecule has 1 heterocycles. The second kappa shape index (κ2) is 5.32. The number of halogens is 2. The van der Waals surface area contributed by atoms with Crippen molar-refractivity contribution in [3.8, 4) is 0 Å². The van der Waals surface area contributed by atoms with Gasteiger partial charge in [0, 0.05) is 13.0 Å². The third-order valence-corrected chi connectivity index (χ3v) is 5.13. The highest BCUT2D eigenvalue weighted by Gasteiger charge is 2.42. The van der Waals surface area contributed by atoms with Crippen LogP contribution in [0.2, 0.25) is 0 Å². The lowest BCUT2D eigenvalue weighted by molar-refractivity contribution is -0.123. The number of nitrogens with one attached hydrogen (secondary N) is 2. The lowest BCUT2D eigenvalue weighted by Gasteiger charge is -2.11. The van der Waals surface area contributed by atoms with Crippen molar-refractivity contribution < 1.29 is 22.0 Å². The molecule has 1 unspecified atom stereocenters. The zero-order chi connectivity index (χ0) is 14.1. The van der Waals surface area contributed by atoms with Gasteiger partial charge in [0.2, 0.25) is 5.91 Å². The van der Waals surface area contributed by atoms with Gasteiger partial charge in [-0.25, -0.2) is 17.2 Å². The highest BCUT2D eigenvalue weighted by molar-refractivity contribution is 7.91. The molecule has 0 radical (unpaired) electrons. The van der Waals surface area contributed by atoms with Gasteiger partial charge >= 0.3 is 0 Å². The minimum absolute atomic E-state index is 0.0162. The maximum Gasteiger partial charge on any atom is 0.262 e. The first-order valence-corrected chi connectivity index (χ1v) is 8.19. The number of sulfone groups is 1. The molecule has 1 atom stereocenters. The van der Waals surface area contributed by atoms with Crippen LogP contribution in [-0.2, 0) is 14.6 Å². The first kappa shape index (κ1) is 14.6. The second-order valence-electron chi connectivity index (χ2n) is 5.34. The molecule has 0 aromatic rings. The predicted octanol–water partition coefficient (Wildman–Crippen LogP) is -0.0754. The van der Waals surface area contributed by atoms with Crippen LogP contribution in [0.4, 0.5) is 8.78 Å². The summed E-state index contributed by atoms with van der Waals surface area (Å²) in [5.74, 6) is -3.10. The lowest BCUT2D eigenvalue weighted by atomic mass is 10.2. The summed E-state index contributed by atoms with van der Waals surface area (Å²) in [5, 5.41) is 4.82. The molecule has 5 nitrogen and oxygen atoms in total. The summed E-state index contributed by atoms with van der Waals surface area (Å²) in [5.41, 5.74) is 0. The summed E-state index contributed by atoms with van der Waals surface area (Å²) in [6.07, 6.45) is 1.37. The fourth-order valence-electron chi connectivity index (χ4n) is 2.08. The van der Waals surface area contributed by atoms with Crippen LogP contribution in [0.15, 0.2) is 0 Å². The van der Waals surface area contributed by atoms with Crippen LogP contribution in [0.1, 0.15) is 19.3 Å². The molecular weight excluding hydrogens is 278 g/mol. The highest BCUT2D eigenvalue weighted by Crippen LogP contribution is 2.30. The molecule has 1 amide bonds. The molecule has 1 saturated carbocycles. The van der Waals surface area contributed by atoms with Crippen molar-refractivity contribution in [2.24, 2.45) is 5.92 Å². The van der Waals surface area contributed by atoms with E-state index in [4.69, 9.17) is 0 Å². The number of carbonyl (C=O) groups is 1. The van der Waals surface area contributed by atoms with Gasteiger partial charge in [0.15, 0.2) is 9.84 Å². The Kier molecular flexibility index (Phi) is 4.10.